The molecule has 1 aliphatic rings. The van der Waals surface area contributed by atoms with E-state index in [-0.39, 0.29) is 5.69 Å². The first-order valence-electron chi connectivity index (χ1n) is 8.06. The molecule has 2 heterocycles. The zero-order valence-corrected chi connectivity index (χ0v) is 15.1. The molecule has 3 aromatic rings. The summed E-state index contributed by atoms with van der Waals surface area (Å²) in [5.41, 5.74) is 3.05. The van der Waals surface area contributed by atoms with Gasteiger partial charge in [0.2, 0.25) is 0 Å². The Kier molecular flexibility index (Phi) is 4.49. The molecule has 0 bridgehead atoms. The van der Waals surface area contributed by atoms with Gasteiger partial charge in [-0.15, -0.1) is 0 Å². The first kappa shape index (κ1) is 16.8. The van der Waals surface area contributed by atoms with Crippen LogP contribution in [0.25, 0.3) is 0 Å². The van der Waals surface area contributed by atoms with Crippen molar-refractivity contribution in [3.05, 3.63) is 76.2 Å². The average molecular weight is 385 g/mol. The maximum atomic E-state index is 12.4. The molecule has 4 rings (SSSR count). The summed E-state index contributed by atoms with van der Waals surface area (Å²) < 4.78 is 0. The highest BCUT2D eigenvalue weighted by Crippen LogP contribution is 2.32. The van der Waals surface area contributed by atoms with Crippen molar-refractivity contribution in [2.45, 2.75) is 6.42 Å². The third-order valence-corrected chi connectivity index (χ3v) is 4.78. The number of hydrogen-bond donors (Lipinski definition) is 1. The molecule has 0 saturated heterocycles. The van der Waals surface area contributed by atoms with Gasteiger partial charge in [0.15, 0.2) is 5.82 Å². The van der Waals surface area contributed by atoms with Crippen LogP contribution in [-0.4, -0.2) is 22.4 Å². The Balaban J connectivity index is 1.53. The van der Waals surface area contributed by atoms with Crippen molar-refractivity contribution in [3.8, 4) is 0 Å². The van der Waals surface area contributed by atoms with E-state index in [1.165, 1.54) is 11.8 Å². The van der Waals surface area contributed by atoms with Gasteiger partial charge in [-0.2, -0.15) is 0 Å². The molecule has 0 unspecified atom stereocenters. The maximum Gasteiger partial charge on any atom is 0.275 e. The second kappa shape index (κ2) is 6.94. The largest absolute Gasteiger partial charge is 0.325 e. The molecule has 130 valence electrons. The standard InChI is InChI=1S/C19H14Cl2N4O/c20-13-5-6-14(21)15(9-13)24-19(26)16-10-23-18(11-22-16)25-8-7-12-3-1-2-4-17(12)25/h1-6,9-11H,7-8H2,(H,24,26). The number of halogens is 2. The second-order valence-electron chi connectivity index (χ2n) is 5.87. The summed E-state index contributed by atoms with van der Waals surface area (Å²) in [6, 6.07) is 13.1. The van der Waals surface area contributed by atoms with E-state index in [9.17, 15) is 4.79 Å². The van der Waals surface area contributed by atoms with Crippen molar-refractivity contribution < 1.29 is 4.79 Å². The fourth-order valence-corrected chi connectivity index (χ4v) is 3.27. The Bertz CT molecular complexity index is 976. The number of anilines is 3. The van der Waals surface area contributed by atoms with E-state index in [1.54, 1.807) is 24.4 Å². The summed E-state index contributed by atoms with van der Waals surface area (Å²) in [7, 11) is 0. The van der Waals surface area contributed by atoms with Crippen LogP contribution in [0.3, 0.4) is 0 Å². The highest BCUT2D eigenvalue weighted by atomic mass is 35.5. The number of nitrogens with one attached hydrogen (secondary N) is 1. The van der Waals surface area contributed by atoms with E-state index < -0.39 is 5.91 Å². The molecular formula is C19H14Cl2N4O. The molecule has 0 saturated carbocycles. The number of nitrogens with zero attached hydrogens (tertiary/aromatic N) is 3. The quantitative estimate of drug-likeness (QED) is 0.708. The highest BCUT2D eigenvalue weighted by molar-refractivity contribution is 6.35. The number of hydrogen-bond acceptors (Lipinski definition) is 4. The van der Waals surface area contributed by atoms with E-state index in [0.29, 0.717) is 21.6 Å². The molecule has 0 fully saturated rings. The zero-order valence-electron chi connectivity index (χ0n) is 13.6. The van der Waals surface area contributed by atoms with E-state index in [4.69, 9.17) is 23.2 Å². The number of benzene rings is 2. The molecule has 1 aliphatic heterocycles. The Morgan fingerprint density at radius 2 is 1.92 bits per heavy atom. The lowest BCUT2D eigenvalue weighted by Crippen LogP contribution is -2.18. The van der Waals surface area contributed by atoms with Gasteiger partial charge in [-0.1, -0.05) is 41.4 Å². The Morgan fingerprint density at radius 3 is 2.73 bits per heavy atom. The SMILES string of the molecule is O=C(Nc1cc(Cl)ccc1Cl)c1cnc(N2CCc3ccccc32)cn1. The smallest absolute Gasteiger partial charge is 0.275 e. The molecular weight excluding hydrogens is 371 g/mol. The predicted octanol–water partition coefficient (Wildman–Crippen LogP) is 4.73. The van der Waals surface area contributed by atoms with Crippen molar-refractivity contribution in [1.82, 2.24) is 9.97 Å². The fraction of sp³-hybridized carbons (Fsp3) is 0.105. The summed E-state index contributed by atoms with van der Waals surface area (Å²) in [6.07, 6.45) is 4.04. The van der Waals surface area contributed by atoms with Gasteiger partial charge in [-0.3, -0.25) is 4.79 Å². The first-order chi connectivity index (χ1) is 12.6. The number of aromatic nitrogens is 2. The summed E-state index contributed by atoms with van der Waals surface area (Å²) in [6.45, 7) is 0.845. The van der Waals surface area contributed by atoms with Crippen LogP contribution < -0.4 is 10.2 Å². The summed E-state index contributed by atoms with van der Waals surface area (Å²) in [4.78, 5) is 23.1. The summed E-state index contributed by atoms with van der Waals surface area (Å²) >= 11 is 12.0. The van der Waals surface area contributed by atoms with Crippen LogP contribution in [0.4, 0.5) is 17.2 Å². The van der Waals surface area contributed by atoms with Gasteiger partial charge >= 0.3 is 0 Å². The van der Waals surface area contributed by atoms with E-state index >= 15 is 0 Å². The number of amides is 1. The number of para-hydroxylation sites is 1. The van der Waals surface area contributed by atoms with Gasteiger partial charge in [-0.25, -0.2) is 9.97 Å². The maximum absolute atomic E-state index is 12.4. The second-order valence-corrected chi connectivity index (χ2v) is 6.71. The van der Waals surface area contributed by atoms with Crippen molar-refractivity contribution in [2.75, 3.05) is 16.8 Å². The first-order valence-corrected chi connectivity index (χ1v) is 8.81. The van der Waals surface area contributed by atoms with Gasteiger partial charge in [0.05, 0.1) is 23.1 Å². The molecule has 0 spiro atoms. The molecule has 1 N–H and O–H groups in total. The number of fused-ring (bicyclic) bond motifs is 1. The van der Waals surface area contributed by atoms with Crippen molar-refractivity contribution >= 4 is 46.3 Å². The lowest BCUT2D eigenvalue weighted by Gasteiger charge is -2.17. The molecule has 2 aromatic carbocycles. The lowest BCUT2D eigenvalue weighted by molar-refractivity contribution is 0.102. The lowest BCUT2D eigenvalue weighted by atomic mass is 10.2. The van der Waals surface area contributed by atoms with Crippen LogP contribution in [0, 0.1) is 0 Å². The van der Waals surface area contributed by atoms with Crippen molar-refractivity contribution in [3.63, 3.8) is 0 Å². The summed E-state index contributed by atoms with van der Waals surface area (Å²) in [5.74, 6) is 0.322. The summed E-state index contributed by atoms with van der Waals surface area (Å²) in [5, 5.41) is 3.59. The van der Waals surface area contributed by atoms with Crippen LogP contribution in [0.15, 0.2) is 54.9 Å². The third-order valence-electron chi connectivity index (χ3n) is 4.21. The normalized spacial score (nSPS) is 12.8. The fourth-order valence-electron chi connectivity index (χ4n) is 2.93. The van der Waals surface area contributed by atoms with Gasteiger partial charge in [0.25, 0.3) is 5.91 Å². The van der Waals surface area contributed by atoms with E-state index in [2.05, 4.69) is 32.3 Å². The molecule has 26 heavy (non-hydrogen) atoms. The molecule has 0 radical (unpaired) electrons. The molecule has 5 nitrogen and oxygen atoms in total. The minimum Gasteiger partial charge on any atom is -0.325 e. The van der Waals surface area contributed by atoms with Crippen LogP contribution in [0.5, 0.6) is 0 Å². The number of carbonyl (C=O) groups is 1. The minimum atomic E-state index is -0.393. The van der Waals surface area contributed by atoms with Crippen LogP contribution in [0.2, 0.25) is 10.0 Å². The highest BCUT2D eigenvalue weighted by Gasteiger charge is 2.21. The topological polar surface area (TPSA) is 58.1 Å². The van der Waals surface area contributed by atoms with Crippen LogP contribution >= 0.6 is 23.2 Å². The monoisotopic (exact) mass is 384 g/mol. The number of rotatable bonds is 3. The minimum absolute atomic E-state index is 0.206. The Hall–Kier alpha value is -2.63. The van der Waals surface area contributed by atoms with Gasteiger partial charge in [-0.05, 0) is 36.2 Å². The van der Waals surface area contributed by atoms with Crippen molar-refractivity contribution in [1.29, 1.82) is 0 Å². The van der Waals surface area contributed by atoms with E-state index in [1.807, 2.05) is 12.1 Å². The van der Waals surface area contributed by atoms with Crippen LogP contribution in [-0.2, 0) is 6.42 Å². The molecule has 0 aliphatic carbocycles. The van der Waals surface area contributed by atoms with Gasteiger partial charge < -0.3 is 10.2 Å². The molecule has 7 heteroatoms. The molecule has 0 atom stereocenters. The Morgan fingerprint density at radius 1 is 1.08 bits per heavy atom. The van der Waals surface area contributed by atoms with Gasteiger partial charge in [0, 0.05) is 17.3 Å². The zero-order chi connectivity index (χ0) is 18.1. The predicted molar refractivity (Wildman–Crippen MR) is 104 cm³/mol. The third kappa shape index (κ3) is 3.23. The number of carbonyl (C=O) groups excluding carboxylic acids is 1. The van der Waals surface area contributed by atoms with Gasteiger partial charge in [0.1, 0.15) is 5.69 Å². The van der Waals surface area contributed by atoms with Crippen LogP contribution in [0.1, 0.15) is 16.1 Å². The Labute approximate surface area is 160 Å². The molecule has 1 amide bonds. The average Bonchev–Trinajstić information content (AvgIpc) is 3.09. The van der Waals surface area contributed by atoms with Crippen molar-refractivity contribution in [2.24, 2.45) is 0 Å². The van der Waals surface area contributed by atoms with E-state index in [0.717, 1.165) is 18.7 Å². The molecule has 1 aromatic heterocycles.